The molecular weight excluding hydrogens is 214 g/mol. The summed E-state index contributed by atoms with van der Waals surface area (Å²) in [5.41, 5.74) is 0. The molecule has 90 valence electrons. The van der Waals surface area contributed by atoms with Crippen LogP contribution in [0.25, 0.3) is 0 Å². The van der Waals surface area contributed by atoms with Gasteiger partial charge in [0.1, 0.15) is 0 Å². The van der Waals surface area contributed by atoms with Crippen LogP contribution in [0.1, 0.15) is 38.0 Å². The number of hydrogen-bond acceptors (Lipinski definition) is 2. The molecule has 0 saturated heterocycles. The molecular formula is C14H23NS. The number of rotatable bonds is 5. The van der Waals surface area contributed by atoms with Crippen molar-refractivity contribution in [3.05, 3.63) is 22.4 Å². The van der Waals surface area contributed by atoms with Gasteiger partial charge in [0, 0.05) is 10.9 Å². The van der Waals surface area contributed by atoms with Crippen LogP contribution in [0, 0.1) is 11.8 Å². The molecule has 2 rings (SSSR count). The standard InChI is InChI=1S/C14H23NS/c1-11(9-13-6-4-8-16-13)10-15-14-7-3-5-12(14)2/h4,6,8,11-12,14-15H,3,5,7,9-10H2,1-2H3. The highest BCUT2D eigenvalue weighted by atomic mass is 32.1. The second-order valence-electron chi connectivity index (χ2n) is 5.31. The van der Waals surface area contributed by atoms with Crippen molar-refractivity contribution in [2.45, 2.75) is 45.6 Å². The van der Waals surface area contributed by atoms with E-state index >= 15 is 0 Å². The van der Waals surface area contributed by atoms with E-state index in [1.807, 2.05) is 11.3 Å². The quantitative estimate of drug-likeness (QED) is 0.823. The van der Waals surface area contributed by atoms with Gasteiger partial charge in [-0.2, -0.15) is 0 Å². The van der Waals surface area contributed by atoms with Crippen molar-refractivity contribution in [3.63, 3.8) is 0 Å². The Kier molecular flexibility index (Phi) is 4.42. The van der Waals surface area contributed by atoms with Gasteiger partial charge < -0.3 is 5.32 Å². The molecule has 1 fully saturated rings. The molecule has 3 atom stereocenters. The summed E-state index contributed by atoms with van der Waals surface area (Å²) < 4.78 is 0. The topological polar surface area (TPSA) is 12.0 Å². The molecule has 0 amide bonds. The third kappa shape index (κ3) is 3.33. The minimum Gasteiger partial charge on any atom is -0.313 e. The van der Waals surface area contributed by atoms with E-state index in [9.17, 15) is 0 Å². The van der Waals surface area contributed by atoms with E-state index in [0.717, 1.165) is 17.9 Å². The first-order chi connectivity index (χ1) is 7.75. The van der Waals surface area contributed by atoms with E-state index in [1.54, 1.807) is 0 Å². The first-order valence-corrected chi connectivity index (χ1v) is 7.39. The van der Waals surface area contributed by atoms with Gasteiger partial charge >= 0.3 is 0 Å². The van der Waals surface area contributed by atoms with Crippen LogP contribution < -0.4 is 5.32 Å². The van der Waals surface area contributed by atoms with Crippen molar-refractivity contribution in [2.24, 2.45) is 11.8 Å². The zero-order chi connectivity index (χ0) is 11.4. The van der Waals surface area contributed by atoms with Gasteiger partial charge in [-0.1, -0.05) is 26.3 Å². The molecule has 0 bridgehead atoms. The lowest BCUT2D eigenvalue weighted by atomic mass is 10.0. The number of hydrogen-bond donors (Lipinski definition) is 1. The summed E-state index contributed by atoms with van der Waals surface area (Å²) >= 11 is 1.88. The number of nitrogens with one attached hydrogen (secondary N) is 1. The van der Waals surface area contributed by atoms with Crippen LogP contribution in [0.15, 0.2) is 17.5 Å². The predicted octanol–water partition coefficient (Wildman–Crippen LogP) is 3.70. The Bertz CT molecular complexity index is 294. The fraction of sp³-hybridized carbons (Fsp3) is 0.714. The van der Waals surface area contributed by atoms with E-state index in [2.05, 4.69) is 36.7 Å². The average Bonchev–Trinajstić information content (AvgIpc) is 2.87. The molecule has 1 aromatic rings. The zero-order valence-corrected chi connectivity index (χ0v) is 11.2. The van der Waals surface area contributed by atoms with Crippen LogP contribution in [0.4, 0.5) is 0 Å². The molecule has 0 aliphatic heterocycles. The second kappa shape index (κ2) is 5.83. The second-order valence-corrected chi connectivity index (χ2v) is 6.34. The Morgan fingerprint density at radius 1 is 1.50 bits per heavy atom. The van der Waals surface area contributed by atoms with Crippen molar-refractivity contribution in [3.8, 4) is 0 Å². The summed E-state index contributed by atoms with van der Waals surface area (Å²) in [6, 6.07) is 5.18. The highest BCUT2D eigenvalue weighted by Crippen LogP contribution is 2.25. The summed E-state index contributed by atoms with van der Waals surface area (Å²) in [7, 11) is 0. The maximum absolute atomic E-state index is 3.75. The molecule has 1 aliphatic rings. The van der Waals surface area contributed by atoms with Crippen LogP contribution in [0.3, 0.4) is 0 Å². The van der Waals surface area contributed by atoms with E-state index < -0.39 is 0 Å². The first-order valence-electron chi connectivity index (χ1n) is 6.51. The number of thiophene rings is 1. The molecule has 1 aromatic heterocycles. The monoisotopic (exact) mass is 237 g/mol. The van der Waals surface area contributed by atoms with Gasteiger partial charge in [-0.05, 0) is 49.1 Å². The molecule has 0 radical (unpaired) electrons. The lowest BCUT2D eigenvalue weighted by Crippen LogP contribution is -2.34. The van der Waals surface area contributed by atoms with Crippen molar-refractivity contribution in [2.75, 3.05) is 6.54 Å². The maximum Gasteiger partial charge on any atom is 0.00928 e. The van der Waals surface area contributed by atoms with Gasteiger partial charge in [0.25, 0.3) is 0 Å². The van der Waals surface area contributed by atoms with E-state index in [-0.39, 0.29) is 0 Å². The molecule has 1 N–H and O–H groups in total. The molecule has 2 heteroatoms. The fourth-order valence-electron chi connectivity index (χ4n) is 2.65. The van der Waals surface area contributed by atoms with Crippen molar-refractivity contribution < 1.29 is 0 Å². The molecule has 1 saturated carbocycles. The van der Waals surface area contributed by atoms with Crippen LogP contribution in [-0.2, 0) is 6.42 Å². The molecule has 0 spiro atoms. The van der Waals surface area contributed by atoms with Gasteiger partial charge in [0.2, 0.25) is 0 Å². The van der Waals surface area contributed by atoms with E-state index in [0.29, 0.717) is 0 Å². The van der Waals surface area contributed by atoms with Gasteiger partial charge in [-0.25, -0.2) is 0 Å². The van der Waals surface area contributed by atoms with Gasteiger partial charge in [-0.15, -0.1) is 11.3 Å². The van der Waals surface area contributed by atoms with E-state index in [4.69, 9.17) is 0 Å². The first kappa shape index (κ1) is 12.1. The van der Waals surface area contributed by atoms with Gasteiger partial charge in [0.05, 0.1) is 0 Å². The zero-order valence-electron chi connectivity index (χ0n) is 10.4. The molecule has 1 nitrogen and oxygen atoms in total. The van der Waals surface area contributed by atoms with Crippen molar-refractivity contribution in [1.29, 1.82) is 0 Å². The summed E-state index contributed by atoms with van der Waals surface area (Å²) in [5.74, 6) is 1.64. The molecule has 1 aliphatic carbocycles. The highest BCUT2D eigenvalue weighted by molar-refractivity contribution is 7.09. The molecule has 1 heterocycles. The minimum absolute atomic E-state index is 0.756. The van der Waals surface area contributed by atoms with Crippen LogP contribution in [0.2, 0.25) is 0 Å². The third-order valence-corrected chi connectivity index (χ3v) is 4.62. The Balaban J connectivity index is 1.69. The Hall–Kier alpha value is -0.340. The average molecular weight is 237 g/mol. The Morgan fingerprint density at radius 3 is 3.00 bits per heavy atom. The highest BCUT2D eigenvalue weighted by Gasteiger charge is 2.22. The normalized spacial score (nSPS) is 27.1. The smallest absolute Gasteiger partial charge is 0.00928 e. The Morgan fingerprint density at radius 2 is 2.38 bits per heavy atom. The van der Waals surface area contributed by atoms with Crippen LogP contribution in [0.5, 0.6) is 0 Å². The SMILES string of the molecule is CC(CNC1CCCC1C)Cc1cccs1. The fourth-order valence-corrected chi connectivity index (χ4v) is 3.52. The summed E-state index contributed by atoms with van der Waals surface area (Å²) in [6.45, 7) is 5.91. The molecule has 0 aromatic carbocycles. The third-order valence-electron chi connectivity index (χ3n) is 3.72. The van der Waals surface area contributed by atoms with E-state index in [1.165, 1.54) is 37.1 Å². The van der Waals surface area contributed by atoms with Gasteiger partial charge in [-0.3, -0.25) is 0 Å². The van der Waals surface area contributed by atoms with Crippen molar-refractivity contribution >= 4 is 11.3 Å². The molecule has 3 unspecified atom stereocenters. The summed E-state index contributed by atoms with van der Waals surface area (Å²) in [4.78, 5) is 1.52. The minimum atomic E-state index is 0.756. The van der Waals surface area contributed by atoms with Gasteiger partial charge in [0.15, 0.2) is 0 Å². The maximum atomic E-state index is 3.75. The molecule has 16 heavy (non-hydrogen) atoms. The summed E-state index contributed by atoms with van der Waals surface area (Å²) in [6.07, 6.45) is 5.44. The van der Waals surface area contributed by atoms with Crippen LogP contribution >= 0.6 is 11.3 Å². The lowest BCUT2D eigenvalue weighted by molar-refractivity contribution is 0.391. The summed E-state index contributed by atoms with van der Waals surface area (Å²) in [5, 5.41) is 5.92. The van der Waals surface area contributed by atoms with Crippen LogP contribution in [-0.4, -0.2) is 12.6 Å². The van der Waals surface area contributed by atoms with Crippen molar-refractivity contribution in [1.82, 2.24) is 5.32 Å². The predicted molar refractivity (Wildman–Crippen MR) is 72.0 cm³/mol. The Labute approximate surface area is 103 Å². The largest absolute Gasteiger partial charge is 0.313 e. The lowest BCUT2D eigenvalue weighted by Gasteiger charge is -2.20.